The van der Waals surface area contributed by atoms with Crippen LogP contribution in [0.3, 0.4) is 0 Å². The summed E-state index contributed by atoms with van der Waals surface area (Å²) < 4.78 is 11.7. The molecule has 218 valence electrons. The van der Waals surface area contributed by atoms with Gasteiger partial charge in [0.05, 0.1) is 13.2 Å². The van der Waals surface area contributed by atoms with Gasteiger partial charge in [0.1, 0.15) is 0 Å². The normalized spacial score (nSPS) is 43.2. The van der Waals surface area contributed by atoms with Crippen molar-refractivity contribution in [2.24, 2.45) is 63.3 Å². The summed E-state index contributed by atoms with van der Waals surface area (Å²) in [4.78, 5) is 0. The molecule has 0 radical (unpaired) electrons. The third kappa shape index (κ3) is 5.61. The fraction of sp³-hybridized carbons (Fsp3) is 0.971. The number of ether oxygens (including phenoxy) is 2. The Bertz CT molecular complexity index is 819. The maximum Gasteiger partial charge on any atom is 0.157 e. The SMILES string of the molecule is CC(C)CCC[C@@H](C)[C@H]1CC[C@H]2[C@@H]3CC[C@H]4C/C(=N/N(C)C)C(CCC5OCCO5)C[C@]4(C)[C@H]3CC[C@]12C. The standard InChI is InChI=1S/C34H60N2O2/c1-23(2)9-8-10-24(3)28-14-15-29-27-13-12-26-21-31(35-36(6)7)25(11-16-32-37-19-20-38-32)22-34(26,5)30(27)17-18-33(28,29)4/h23-30,32H,8-22H2,1-7H3/b35-31-/t24-,25?,26+,27+,28-,29+,30+,33-,34+/m1/s1. The maximum atomic E-state index is 5.83. The van der Waals surface area contributed by atoms with Crippen molar-refractivity contribution >= 4 is 5.71 Å². The Kier molecular flexibility index (Phi) is 8.91. The van der Waals surface area contributed by atoms with Crippen molar-refractivity contribution in [3.8, 4) is 0 Å². The Morgan fingerprint density at radius 2 is 1.63 bits per heavy atom. The topological polar surface area (TPSA) is 34.1 Å². The highest BCUT2D eigenvalue weighted by Gasteiger charge is 2.61. The number of hydrogen-bond acceptors (Lipinski definition) is 4. The molecule has 4 saturated carbocycles. The summed E-state index contributed by atoms with van der Waals surface area (Å²) in [5, 5.41) is 7.13. The molecule has 9 atom stereocenters. The fourth-order valence-corrected chi connectivity index (χ4v) is 10.8. The first-order valence-corrected chi connectivity index (χ1v) is 16.6. The predicted octanol–water partition coefficient (Wildman–Crippen LogP) is 8.40. The van der Waals surface area contributed by atoms with Gasteiger partial charge >= 0.3 is 0 Å². The molecule has 38 heavy (non-hydrogen) atoms. The molecule has 4 aliphatic carbocycles. The summed E-state index contributed by atoms with van der Waals surface area (Å²) in [6.07, 6.45) is 17.9. The molecule has 0 aromatic heterocycles. The third-order valence-corrected chi connectivity index (χ3v) is 12.6. The van der Waals surface area contributed by atoms with E-state index in [1.165, 1.54) is 76.3 Å². The molecule has 0 amide bonds. The van der Waals surface area contributed by atoms with Crippen LogP contribution >= 0.6 is 0 Å². The number of fused-ring (bicyclic) bond motifs is 5. The van der Waals surface area contributed by atoms with Crippen molar-refractivity contribution in [3.05, 3.63) is 0 Å². The minimum atomic E-state index is 0.00794. The lowest BCUT2D eigenvalue weighted by Crippen LogP contribution is -2.55. The average Bonchev–Trinajstić information content (AvgIpc) is 3.49. The Balaban J connectivity index is 1.30. The second-order valence-electron chi connectivity index (χ2n) is 15.5. The van der Waals surface area contributed by atoms with E-state index in [0.717, 1.165) is 67.5 Å². The van der Waals surface area contributed by atoms with E-state index in [1.54, 1.807) is 0 Å². The first-order chi connectivity index (χ1) is 18.1. The van der Waals surface area contributed by atoms with Gasteiger partial charge in [0.15, 0.2) is 6.29 Å². The van der Waals surface area contributed by atoms with E-state index >= 15 is 0 Å². The second-order valence-corrected chi connectivity index (χ2v) is 15.5. The van der Waals surface area contributed by atoms with Crippen LogP contribution in [0.1, 0.15) is 118 Å². The molecular weight excluding hydrogens is 468 g/mol. The minimum Gasteiger partial charge on any atom is -0.350 e. The van der Waals surface area contributed by atoms with Gasteiger partial charge in [0.25, 0.3) is 0 Å². The fourth-order valence-electron chi connectivity index (χ4n) is 10.8. The van der Waals surface area contributed by atoms with Gasteiger partial charge < -0.3 is 14.5 Å². The van der Waals surface area contributed by atoms with Crippen molar-refractivity contribution < 1.29 is 9.47 Å². The number of hydrogen-bond donors (Lipinski definition) is 0. The smallest absolute Gasteiger partial charge is 0.157 e. The Morgan fingerprint density at radius 3 is 2.34 bits per heavy atom. The molecule has 4 nitrogen and oxygen atoms in total. The summed E-state index contributed by atoms with van der Waals surface area (Å²) in [5.74, 6) is 6.93. The van der Waals surface area contributed by atoms with Gasteiger partial charge in [0, 0.05) is 19.8 Å². The highest BCUT2D eigenvalue weighted by molar-refractivity contribution is 5.87. The van der Waals surface area contributed by atoms with Crippen molar-refractivity contribution in [1.29, 1.82) is 0 Å². The molecule has 5 fully saturated rings. The summed E-state index contributed by atoms with van der Waals surface area (Å²) >= 11 is 0. The van der Waals surface area contributed by atoms with Gasteiger partial charge in [0.2, 0.25) is 0 Å². The lowest BCUT2D eigenvalue weighted by Gasteiger charge is -2.61. The number of rotatable bonds is 9. The van der Waals surface area contributed by atoms with Crippen molar-refractivity contribution in [2.75, 3.05) is 27.3 Å². The molecule has 5 aliphatic rings. The zero-order valence-electron chi connectivity index (χ0n) is 26.0. The van der Waals surface area contributed by atoms with E-state index in [9.17, 15) is 0 Å². The monoisotopic (exact) mass is 528 g/mol. The van der Waals surface area contributed by atoms with Crippen LogP contribution in [0.4, 0.5) is 0 Å². The van der Waals surface area contributed by atoms with E-state index in [1.807, 2.05) is 5.01 Å². The Hall–Kier alpha value is -0.610. The molecule has 1 saturated heterocycles. The zero-order chi connectivity index (χ0) is 27.1. The van der Waals surface area contributed by atoms with E-state index in [0.29, 0.717) is 16.7 Å². The van der Waals surface area contributed by atoms with Gasteiger partial charge in [-0.3, -0.25) is 0 Å². The highest BCUT2D eigenvalue weighted by atomic mass is 16.7. The Morgan fingerprint density at radius 1 is 0.895 bits per heavy atom. The molecule has 1 heterocycles. The lowest BCUT2D eigenvalue weighted by atomic mass is 9.43. The van der Waals surface area contributed by atoms with Crippen LogP contribution in [0.2, 0.25) is 0 Å². The minimum absolute atomic E-state index is 0.00794. The molecule has 5 rings (SSSR count). The Labute approximate surface area is 235 Å². The molecule has 0 aromatic carbocycles. The number of nitrogens with zero attached hydrogens (tertiary/aromatic N) is 2. The first-order valence-electron chi connectivity index (χ1n) is 16.6. The van der Waals surface area contributed by atoms with Gasteiger partial charge in [-0.05, 0) is 122 Å². The third-order valence-electron chi connectivity index (χ3n) is 12.6. The molecule has 0 spiro atoms. The van der Waals surface area contributed by atoms with Crippen molar-refractivity contribution in [1.82, 2.24) is 5.01 Å². The van der Waals surface area contributed by atoms with E-state index in [-0.39, 0.29) is 6.29 Å². The maximum absolute atomic E-state index is 5.83. The van der Waals surface area contributed by atoms with Crippen LogP contribution < -0.4 is 0 Å². The van der Waals surface area contributed by atoms with Gasteiger partial charge in [-0.25, -0.2) is 0 Å². The van der Waals surface area contributed by atoms with E-state index in [4.69, 9.17) is 14.6 Å². The quantitative estimate of drug-likeness (QED) is 0.282. The summed E-state index contributed by atoms with van der Waals surface area (Å²) in [6.45, 7) is 14.4. The second kappa shape index (κ2) is 11.7. The van der Waals surface area contributed by atoms with E-state index < -0.39 is 0 Å². The molecule has 0 bridgehead atoms. The summed E-state index contributed by atoms with van der Waals surface area (Å²) in [6, 6.07) is 0. The predicted molar refractivity (Wildman–Crippen MR) is 158 cm³/mol. The van der Waals surface area contributed by atoms with Crippen LogP contribution in [0.5, 0.6) is 0 Å². The summed E-state index contributed by atoms with van der Waals surface area (Å²) in [5.41, 5.74) is 2.52. The first kappa shape index (κ1) is 28.9. The van der Waals surface area contributed by atoms with Gasteiger partial charge in [-0.1, -0.05) is 53.9 Å². The molecular formula is C34H60N2O2. The molecule has 0 N–H and O–H groups in total. The van der Waals surface area contributed by atoms with Crippen molar-refractivity contribution in [2.45, 2.75) is 124 Å². The van der Waals surface area contributed by atoms with E-state index in [2.05, 4.69) is 48.7 Å². The van der Waals surface area contributed by atoms with Gasteiger partial charge in [-0.15, -0.1) is 0 Å². The van der Waals surface area contributed by atoms with Crippen LogP contribution in [0.15, 0.2) is 5.10 Å². The van der Waals surface area contributed by atoms with Crippen LogP contribution in [-0.4, -0.2) is 44.3 Å². The molecule has 0 aromatic rings. The van der Waals surface area contributed by atoms with Crippen LogP contribution in [-0.2, 0) is 9.47 Å². The highest BCUT2D eigenvalue weighted by Crippen LogP contribution is 2.68. The molecule has 4 heteroatoms. The van der Waals surface area contributed by atoms with Crippen molar-refractivity contribution in [3.63, 3.8) is 0 Å². The number of hydrazone groups is 1. The van der Waals surface area contributed by atoms with Crippen LogP contribution in [0, 0.1) is 58.2 Å². The van der Waals surface area contributed by atoms with Crippen LogP contribution in [0.25, 0.3) is 0 Å². The zero-order valence-corrected chi connectivity index (χ0v) is 26.0. The van der Waals surface area contributed by atoms with Gasteiger partial charge in [-0.2, -0.15) is 5.10 Å². The lowest BCUT2D eigenvalue weighted by molar-refractivity contribution is -0.112. The summed E-state index contributed by atoms with van der Waals surface area (Å²) in [7, 11) is 4.19. The average molecular weight is 529 g/mol. The molecule has 1 unspecified atom stereocenters. The largest absolute Gasteiger partial charge is 0.350 e. The molecule has 1 aliphatic heterocycles.